The van der Waals surface area contributed by atoms with E-state index in [9.17, 15) is 20.1 Å². The van der Waals surface area contributed by atoms with Gasteiger partial charge >= 0.3 is 0 Å². The van der Waals surface area contributed by atoms with Crippen molar-refractivity contribution in [2.75, 3.05) is 11.6 Å². The number of rotatable bonds is 4. The van der Waals surface area contributed by atoms with Gasteiger partial charge in [0.05, 0.1) is 10.6 Å². The molecular weight excluding hydrogens is 342 g/mol. The molecule has 7 nitrogen and oxygen atoms in total. The molecule has 2 aromatic carbocycles. The highest BCUT2D eigenvalue weighted by Crippen LogP contribution is 2.49. The van der Waals surface area contributed by atoms with Crippen LogP contribution in [0.3, 0.4) is 0 Å². The molecule has 3 rings (SSSR count). The number of fused-ring (bicyclic) bond motifs is 1. The van der Waals surface area contributed by atoms with E-state index in [1.165, 1.54) is 6.07 Å². The van der Waals surface area contributed by atoms with Crippen LogP contribution in [0.5, 0.6) is 0 Å². The SMILES string of the molecule is Cc1cc2c(c([N+](=O)[O-])c1)S(=C=O)C(=NCCc1ccccc1)N2O. The maximum absolute atomic E-state index is 11.5. The molecule has 1 N–H and O–H groups in total. The largest absolute Gasteiger partial charge is 0.286 e. The highest BCUT2D eigenvalue weighted by Gasteiger charge is 2.36. The monoisotopic (exact) mass is 357 g/mol. The lowest BCUT2D eigenvalue weighted by Gasteiger charge is -2.10. The minimum atomic E-state index is -1.40. The number of amidine groups is 1. The van der Waals surface area contributed by atoms with Crippen molar-refractivity contribution in [2.24, 2.45) is 4.99 Å². The molecule has 0 saturated heterocycles. The Kier molecular flexibility index (Phi) is 4.76. The van der Waals surface area contributed by atoms with Crippen LogP contribution in [-0.4, -0.2) is 27.1 Å². The second-order valence-electron chi connectivity index (χ2n) is 5.49. The first-order valence-corrected chi connectivity index (χ1v) is 8.74. The van der Waals surface area contributed by atoms with Crippen LogP contribution < -0.4 is 5.06 Å². The number of aliphatic imine (C=N–C) groups is 1. The fourth-order valence-corrected chi connectivity index (χ4v) is 4.18. The molecule has 0 spiro atoms. The van der Waals surface area contributed by atoms with Crippen molar-refractivity contribution in [3.63, 3.8) is 0 Å². The Morgan fingerprint density at radius 1 is 1.32 bits per heavy atom. The number of anilines is 1. The van der Waals surface area contributed by atoms with Gasteiger partial charge in [0.2, 0.25) is 0 Å². The van der Waals surface area contributed by atoms with E-state index >= 15 is 0 Å². The molecule has 0 amide bonds. The molecule has 1 atom stereocenters. The van der Waals surface area contributed by atoms with Gasteiger partial charge in [-0.05, 0) is 30.5 Å². The number of nitrogens with zero attached hydrogens (tertiary/aromatic N) is 3. The summed E-state index contributed by atoms with van der Waals surface area (Å²) in [6.45, 7) is 2.04. The maximum Gasteiger partial charge on any atom is 0.286 e. The minimum absolute atomic E-state index is 0.0923. The van der Waals surface area contributed by atoms with Crippen molar-refractivity contribution >= 4 is 32.3 Å². The second kappa shape index (κ2) is 6.98. The number of nitro groups is 1. The fourth-order valence-electron chi connectivity index (χ4n) is 2.65. The molecule has 1 aliphatic rings. The highest BCUT2D eigenvalue weighted by atomic mass is 32.2. The molecule has 128 valence electrons. The van der Waals surface area contributed by atoms with Crippen LogP contribution in [0.4, 0.5) is 11.4 Å². The molecule has 1 unspecified atom stereocenters. The highest BCUT2D eigenvalue weighted by molar-refractivity contribution is 8.28. The summed E-state index contributed by atoms with van der Waals surface area (Å²) in [5, 5.41) is 24.4. The molecule has 0 aromatic heterocycles. The maximum atomic E-state index is 11.5. The molecule has 0 fully saturated rings. The van der Waals surface area contributed by atoms with Crippen LogP contribution in [-0.2, 0) is 11.2 Å². The van der Waals surface area contributed by atoms with Crippen LogP contribution in [0.1, 0.15) is 11.1 Å². The lowest BCUT2D eigenvalue weighted by molar-refractivity contribution is -0.387. The minimum Gasteiger partial charge on any atom is -0.282 e. The van der Waals surface area contributed by atoms with E-state index in [1.807, 2.05) is 30.3 Å². The van der Waals surface area contributed by atoms with Gasteiger partial charge in [-0.1, -0.05) is 30.3 Å². The first kappa shape index (κ1) is 17.0. The number of nitro benzene ring substituents is 1. The average Bonchev–Trinajstić information content (AvgIpc) is 2.87. The lowest BCUT2D eigenvalue weighted by atomic mass is 10.2. The number of aryl methyl sites for hydroxylation is 1. The Hall–Kier alpha value is -2.80. The molecule has 25 heavy (non-hydrogen) atoms. The third kappa shape index (κ3) is 3.23. The first-order chi connectivity index (χ1) is 12.0. The van der Waals surface area contributed by atoms with Crippen molar-refractivity contribution in [3.8, 4) is 0 Å². The van der Waals surface area contributed by atoms with Crippen LogP contribution in [0.2, 0.25) is 0 Å². The second-order valence-corrected chi connectivity index (χ2v) is 7.04. The van der Waals surface area contributed by atoms with E-state index in [2.05, 4.69) is 4.99 Å². The molecule has 0 aliphatic carbocycles. The van der Waals surface area contributed by atoms with Crippen molar-refractivity contribution in [1.82, 2.24) is 0 Å². The molecule has 8 heteroatoms. The summed E-state index contributed by atoms with van der Waals surface area (Å²) in [6.07, 6.45) is 0.631. The predicted octanol–water partition coefficient (Wildman–Crippen LogP) is 3.41. The van der Waals surface area contributed by atoms with Gasteiger partial charge in [0.15, 0.2) is 10.4 Å². The van der Waals surface area contributed by atoms with Gasteiger partial charge in [-0.15, -0.1) is 0 Å². The van der Waals surface area contributed by atoms with Crippen LogP contribution in [0.15, 0.2) is 52.4 Å². The van der Waals surface area contributed by atoms with Gasteiger partial charge in [0.25, 0.3) is 5.69 Å². The number of hydrogen-bond donors (Lipinski definition) is 1. The zero-order chi connectivity index (χ0) is 18.0. The number of hydrogen-bond acceptors (Lipinski definition) is 5. The van der Waals surface area contributed by atoms with E-state index in [0.29, 0.717) is 18.5 Å². The average molecular weight is 357 g/mol. The van der Waals surface area contributed by atoms with Gasteiger partial charge in [0, 0.05) is 23.1 Å². The molecule has 1 heterocycles. The summed E-state index contributed by atoms with van der Waals surface area (Å²) in [5.74, 6) is 0. The number of hydroxylamine groups is 1. The third-order valence-corrected chi connectivity index (χ3v) is 5.42. The van der Waals surface area contributed by atoms with Gasteiger partial charge in [-0.25, -0.2) is 4.79 Å². The fraction of sp³-hybridized carbons (Fsp3) is 0.176. The topological polar surface area (TPSA) is 96.0 Å². The van der Waals surface area contributed by atoms with Crippen LogP contribution in [0.25, 0.3) is 0 Å². The van der Waals surface area contributed by atoms with Crippen molar-refractivity contribution < 1.29 is 14.9 Å². The number of benzene rings is 2. The number of carbonyl (C=O) groups excluding carboxylic acids is 1. The zero-order valence-electron chi connectivity index (χ0n) is 13.4. The molecule has 1 aliphatic heterocycles. The Bertz CT molecular complexity index is 921. The summed E-state index contributed by atoms with van der Waals surface area (Å²) < 4.78 is 0. The van der Waals surface area contributed by atoms with Gasteiger partial charge in [0.1, 0.15) is 4.90 Å². The Labute approximate surface area is 146 Å². The van der Waals surface area contributed by atoms with Gasteiger partial charge < -0.3 is 0 Å². The van der Waals surface area contributed by atoms with E-state index in [4.69, 9.17) is 0 Å². The standard InChI is InChI=1S/C17H15N3O4S/c1-12-9-14-16(15(10-12)20(23)24)25(11-21)17(19(14)22)18-8-7-13-5-3-2-4-6-13/h2-6,9-10,22H,7-8H2,1H3. The van der Waals surface area contributed by atoms with E-state index in [1.54, 1.807) is 18.2 Å². The van der Waals surface area contributed by atoms with Crippen molar-refractivity contribution in [3.05, 3.63) is 63.7 Å². The Balaban J connectivity index is 1.97. The Morgan fingerprint density at radius 3 is 2.68 bits per heavy atom. The summed E-state index contributed by atoms with van der Waals surface area (Å²) in [7, 11) is -1.40. The zero-order valence-corrected chi connectivity index (χ0v) is 14.2. The smallest absolute Gasteiger partial charge is 0.282 e. The summed E-state index contributed by atoms with van der Waals surface area (Å²) in [6, 6.07) is 12.7. The normalized spacial score (nSPS) is 17.4. The summed E-state index contributed by atoms with van der Waals surface area (Å²) in [4.78, 5) is 26.7. The summed E-state index contributed by atoms with van der Waals surface area (Å²) >= 11 is 0. The first-order valence-electron chi connectivity index (χ1n) is 7.51. The third-order valence-electron chi connectivity index (χ3n) is 3.76. The van der Waals surface area contributed by atoms with E-state index in [0.717, 1.165) is 10.6 Å². The lowest BCUT2D eigenvalue weighted by Crippen LogP contribution is -2.21. The molecule has 0 radical (unpaired) electrons. The van der Waals surface area contributed by atoms with Gasteiger partial charge in [-0.3, -0.25) is 20.3 Å². The predicted molar refractivity (Wildman–Crippen MR) is 96.1 cm³/mol. The summed E-state index contributed by atoms with van der Waals surface area (Å²) in [5.41, 5.74) is 1.71. The van der Waals surface area contributed by atoms with Crippen LogP contribution >= 0.6 is 10.5 Å². The molecule has 2 aromatic rings. The van der Waals surface area contributed by atoms with Crippen molar-refractivity contribution in [2.45, 2.75) is 18.2 Å². The van der Waals surface area contributed by atoms with E-state index < -0.39 is 15.4 Å². The molecule has 0 saturated carbocycles. The van der Waals surface area contributed by atoms with E-state index in [-0.39, 0.29) is 21.4 Å². The van der Waals surface area contributed by atoms with Crippen molar-refractivity contribution in [1.29, 1.82) is 0 Å². The van der Waals surface area contributed by atoms with Crippen LogP contribution in [0, 0.1) is 17.0 Å². The molecule has 0 bridgehead atoms. The Morgan fingerprint density at radius 2 is 2.04 bits per heavy atom. The van der Waals surface area contributed by atoms with Gasteiger partial charge in [-0.2, -0.15) is 5.06 Å². The molecular formula is C17H15N3O4S. The quantitative estimate of drug-likeness (QED) is 0.514.